The van der Waals surface area contributed by atoms with E-state index in [0.717, 1.165) is 11.3 Å². The van der Waals surface area contributed by atoms with Crippen LogP contribution in [0.15, 0.2) is 30.8 Å². The van der Waals surface area contributed by atoms with Crippen LogP contribution in [0.4, 0.5) is 0 Å². The molecular weight excluding hydrogens is 150 g/mol. The summed E-state index contributed by atoms with van der Waals surface area (Å²) in [7, 11) is 1.57. The molecule has 0 saturated heterocycles. The molecular formula is C10H13NO. The standard InChI is InChI=1S/C10H13NO/c1-8-4-6-10(7-5-8)9(2)11-12-3/h4-7,11H,2H2,1,3H3. The third-order valence-electron chi connectivity index (χ3n) is 1.63. The topological polar surface area (TPSA) is 21.3 Å². The van der Waals surface area contributed by atoms with Crippen molar-refractivity contribution in [3.05, 3.63) is 42.0 Å². The Morgan fingerprint density at radius 1 is 1.33 bits per heavy atom. The summed E-state index contributed by atoms with van der Waals surface area (Å²) in [4.78, 5) is 4.74. The van der Waals surface area contributed by atoms with Crippen molar-refractivity contribution in [3.8, 4) is 0 Å². The van der Waals surface area contributed by atoms with Gasteiger partial charge in [0.15, 0.2) is 0 Å². The van der Waals surface area contributed by atoms with Crippen molar-refractivity contribution in [2.75, 3.05) is 7.11 Å². The lowest BCUT2D eigenvalue weighted by molar-refractivity contribution is 0.137. The lowest BCUT2D eigenvalue weighted by Gasteiger charge is -2.06. The predicted octanol–water partition coefficient (Wildman–Crippen LogP) is 2.12. The van der Waals surface area contributed by atoms with Gasteiger partial charge in [-0.2, -0.15) is 0 Å². The number of hydrogen-bond donors (Lipinski definition) is 1. The van der Waals surface area contributed by atoms with Crippen molar-refractivity contribution in [2.45, 2.75) is 6.92 Å². The van der Waals surface area contributed by atoms with E-state index in [9.17, 15) is 0 Å². The average Bonchev–Trinajstić information content (AvgIpc) is 2.06. The maximum absolute atomic E-state index is 4.74. The molecule has 0 aliphatic carbocycles. The summed E-state index contributed by atoms with van der Waals surface area (Å²) in [6.07, 6.45) is 0. The highest BCUT2D eigenvalue weighted by Gasteiger charge is 1.95. The van der Waals surface area contributed by atoms with Gasteiger partial charge in [-0.25, -0.2) is 0 Å². The molecule has 0 saturated carbocycles. The number of hydroxylamine groups is 1. The van der Waals surface area contributed by atoms with E-state index in [1.54, 1.807) is 7.11 Å². The zero-order valence-electron chi connectivity index (χ0n) is 7.42. The second-order valence-corrected chi connectivity index (χ2v) is 2.65. The molecule has 2 nitrogen and oxygen atoms in total. The monoisotopic (exact) mass is 163 g/mol. The fourth-order valence-electron chi connectivity index (χ4n) is 0.937. The number of nitrogens with one attached hydrogen (secondary N) is 1. The van der Waals surface area contributed by atoms with E-state index in [-0.39, 0.29) is 0 Å². The smallest absolute Gasteiger partial charge is 0.0636 e. The van der Waals surface area contributed by atoms with Crippen LogP contribution in [0.3, 0.4) is 0 Å². The van der Waals surface area contributed by atoms with Gasteiger partial charge in [0.25, 0.3) is 0 Å². The van der Waals surface area contributed by atoms with Crippen molar-refractivity contribution >= 4 is 5.70 Å². The second kappa shape index (κ2) is 3.93. The Bertz CT molecular complexity index is 264. The first-order valence-corrected chi connectivity index (χ1v) is 3.79. The Hall–Kier alpha value is -1.28. The van der Waals surface area contributed by atoms with Gasteiger partial charge in [0.05, 0.1) is 12.8 Å². The highest BCUT2D eigenvalue weighted by molar-refractivity contribution is 5.60. The van der Waals surface area contributed by atoms with Crippen molar-refractivity contribution in [3.63, 3.8) is 0 Å². The molecule has 2 heteroatoms. The molecule has 1 N–H and O–H groups in total. The van der Waals surface area contributed by atoms with E-state index in [1.165, 1.54) is 5.56 Å². The van der Waals surface area contributed by atoms with Gasteiger partial charge in [-0.15, -0.1) is 0 Å². The normalized spacial score (nSPS) is 9.50. The van der Waals surface area contributed by atoms with Crippen molar-refractivity contribution in [1.82, 2.24) is 5.48 Å². The minimum atomic E-state index is 0.775. The third-order valence-corrected chi connectivity index (χ3v) is 1.63. The first-order valence-electron chi connectivity index (χ1n) is 3.79. The highest BCUT2D eigenvalue weighted by atomic mass is 16.6. The van der Waals surface area contributed by atoms with Crippen molar-refractivity contribution in [2.24, 2.45) is 0 Å². The first kappa shape index (κ1) is 8.81. The van der Waals surface area contributed by atoms with Gasteiger partial charge < -0.3 is 0 Å². The van der Waals surface area contributed by atoms with Gasteiger partial charge in [0, 0.05) is 0 Å². The molecule has 0 aliphatic heterocycles. The van der Waals surface area contributed by atoms with Crippen LogP contribution in [0, 0.1) is 6.92 Å². The van der Waals surface area contributed by atoms with Crippen LogP contribution in [0.5, 0.6) is 0 Å². The van der Waals surface area contributed by atoms with Gasteiger partial charge in [0.1, 0.15) is 0 Å². The molecule has 1 aromatic carbocycles. The summed E-state index contributed by atoms with van der Waals surface area (Å²) >= 11 is 0. The minimum Gasteiger partial charge on any atom is -0.279 e. The zero-order chi connectivity index (χ0) is 8.97. The lowest BCUT2D eigenvalue weighted by Crippen LogP contribution is -2.08. The van der Waals surface area contributed by atoms with Crippen LogP contribution >= 0.6 is 0 Å². The molecule has 0 heterocycles. The highest BCUT2D eigenvalue weighted by Crippen LogP contribution is 2.09. The first-order chi connectivity index (χ1) is 5.74. The summed E-state index contributed by atoms with van der Waals surface area (Å²) < 4.78 is 0. The molecule has 0 radical (unpaired) electrons. The van der Waals surface area contributed by atoms with E-state index in [1.807, 2.05) is 24.3 Å². The van der Waals surface area contributed by atoms with E-state index < -0.39 is 0 Å². The van der Waals surface area contributed by atoms with Crippen LogP contribution < -0.4 is 5.48 Å². The number of benzene rings is 1. The largest absolute Gasteiger partial charge is 0.279 e. The van der Waals surface area contributed by atoms with Crippen LogP contribution in [-0.4, -0.2) is 7.11 Å². The van der Waals surface area contributed by atoms with Crippen molar-refractivity contribution < 1.29 is 4.84 Å². The number of aryl methyl sites for hydroxylation is 1. The zero-order valence-corrected chi connectivity index (χ0v) is 7.42. The summed E-state index contributed by atoms with van der Waals surface area (Å²) in [5.74, 6) is 0. The molecule has 0 fully saturated rings. The maximum atomic E-state index is 4.74. The Balaban J connectivity index is 2.75. The molecule has 0 bridgehead atoms. The number of rotatable bonds is 3. The Morgan fingerprint density at radius 2 is 1.92 bits per heavy atom. The van der Waals surface area contributed by atoms with E-state index in [2.05, 4.69) is 19.0 Å². The van der Waals surface area contributed by atoms with Crippen LogP contribution in [-0.2, 0) is 4.84 Å². The molecule has 0 amide bonds. The van der Waals surface area contributed by atoms with Crippen molar-refractivity contribution in [1.29, 1.82) is 0 Å². The third kappa shape index (κ3) is 2.10. The van der Waals surface area contributed by atoms with Gasteiger partial charge in [-0.05, 0) is 12.5 Å². The van der Waals surface area contributed by atoms with Gasteiger partial charge >= 0.3 is 0 Å². The molecule has 0 spiro atoms. The molecule has 64 valence electrons. The Kier molecular flexibility index (Phi) is 2.88. The minimum absolute atomic E-state index is 0.775. The second-order valence-electron chi connectivity index (χ2n) is 2.65. The molecule has 1 aromatic rings. The molecule has 0 atom stereocenters. The van der Waals surface area contributed by atoms with Gasteiger partial charge in [-0.1, -0.05) is 36.4 Å². The molecule has 0 aliphatic rings. The van der Waals surface area contributed by atoms with Gasteiger partial charge in [0.2, 0.25) is 0 Å². The number of hydrogen-bond acceptors (Lipinski definition) is 2. The van der Waals surface area contributed by atoms with E-state index in [0.29, 0.717) is 0 Å². The lowest BCUT2D eigenvalue weighted by atomic mass is 10.1. The molecule has 0 unspecified atom stereocenters. The summed E-state index contributed by atoms with van der Waals surface area (Å²) in [6, 6.07) is 8.09. The Labute approximate surface area is 72.8 Å². The SMILES string of the molecule is C=C(NOC)c1ccc(C)cc1. The molecule has 1 rings (SSSR count). The van der Waals surface area contributed by atoms with E-state index >= 15 is 0 Å². The quantitative estimate of drug-likeness (QED) is 0.689. The fourth-order valence-corrected chi connectivity index (χ4v) is 0.937. The van der Waals surface area contributed by atoms with Crippen LogP contribution in [0.2, 0.25) is 0 Å². The predicted molar refractivity (Wildman–Crippen MR) is 50.4 cm³/mol. The summed E-state index contributed by atoms with van der Waals surface area (Å²) in [6.45, 7) is 5.86. The molecule has 12 heavy (non-hydrogen) atoms. The summed E-state index contributed by atoms with van der Waals surface area (Å²) in [5, 5.41) is 0. The maximum Gasteiger partial charge on any atom is 0.0636 e. The Morgan fingerprint density at radius 3 is 2.42 bits per heavy atom. The average molecular weight is 163 g/mol. The summed E-state index contributed by atoms with van der Waals surface area (Å²) in [5.41, 5.74) is 5.75. The van der Waals surface area contributed by atoms with Gasteiger partial charge in [-0.3, -0.25) is 10.3 Å². The van der Waals surface area contributed by atoms with Crippen LogP contribution in [0.25, 0.3) is 5.70 Å². The van der Waals surface area contributed by atoms with E-state index in [4.69, 9.17) is 4.84 Å². The molecule has 0 aromatic heterocycles. The van der Waals surface area contributed by atoms with Crippen LogP contribution in [0.1, 0.15) is 11.1 Å². The fraction of sp³-hybridized carbons (Fsp3) is 0.200.